The van der Waals surface area contributed by atoms with E-state index >= 15 is 0 Å². The Balaban J connectivity index is 2.22. The van der Waals surface area contributed by atoms with Crippen LogP contribution < -0.4 is 11.1 Å². The minimum absolute atomic E-state index is 0.318. The number of nitrogens with one attached hydrogen (secondary N) is 1. The Labute approximate surface area is 118 Å². The Morgan fingerprint density at radius 2 is 1.95 bits per heavy atom. The molecule has 0 fully saturated rings. The van der Waals surface area contributed by atoms with Crippen molar-refractivity contribution in [2.24, 2.45) is 5.73 Å². The molecule has 19 heavy (non-hydrogen) atoms. The van der Waals surface area contributed by atoms with Crippen molar-refractivity contribution < 1.29 is 9.18 Å². The largest absolute Gasteiger partial charge is 0.378 e. The molecule has 0 spiro atoms. The molecule has 0 aliphatic carbocycles. The number of para-hydroxylation sites is 1. The smallest absolute Gasteiger partial charge is 0.249 e. The Kier molecular flexibility index (Phi) is 4.16. The molecule has 3 N–H and O–H groups in total. The van der Waals surface area contributed by atoms with Gasteiger partial charge in [-0.25, -0.2) is 4.39 Å². The molecular weight excluding hydrogens is 311 g/mol. The van der Waals surface area contributed by atoms with Gasteiger partial charge in [-0.15, -0.1) is 0 Å². The van der Waals surface area contributed by atoms with Gasteiger partial charge in [-0.05, 0) is 39.7 Å². The molecule has 0 heterocycles. The molecule has 3 nitrogen and oxygen atoms in total. The molecule has 5 heteroatoms. The summed E-state index contributed by atoms with van der Waals surface area (Å²) >= 11 is 3.27. The monoisotopic (exact) mass is 322 g/mol. The molecule has 0 aliphatic heterocycles. The molecule has 0 aromatic heterocycles. The van der Waals surface area contributed by atoms with E-state index < -0.39 is 5.91 Å². The van der Waals surface area contributed by atoms with Crippen LogP contribution in [0.2, 0.25) is 0 Å². The fraction of sp³-hybridized carbons (Fsp3) is 0.0714. The summed E-state index contributed by atoms with van der Waals surface area (Å²) in [5.41, 5.74) is 6.82. The van der Waals surface area contributed by atoms with Crippen LogP contribution in [0.3, 0.4) is 0 Å². The second kappa shape index (κ2) is 5.84. The van der Waals surface area contributed by atoms with Gasteiger partial charge in [0.15, 0.2) is 0 Å². The Morgan fingerprint density at radius 1 is 1.21 bits per heavy atom. The number of carbonyl (C=O) groups excluding carboxylic acids is 1. The minimum atomic E-state index is -0.495. The van der Waals surface area contributed by atoms with Crippen LogP contribution in [-0.4, -0.2) is 5.91 Å². The highest BCUT2D eigenvalue weighted by Gasteiger charge is 2.09. The predicted molar refractivity (Wildman–Crippen MR) is 76.4 cm³/mol. The number of halogens is 2. The zero-order valence-corrected chi connectivity index (χ0v) is 11.6. The van der Waals surface area contributed by atoms with E-state index in [4.69, 9.17) is 5.73 Å². The molecule has 0 saturated carbocycles. The lowest BCUT2D eigenvalue weighted by Crippen LogP contribution is -2.15. The average Bonchev–Trinajstić information content (AvgIpc) is 2.38. The lowest BCUT2D eigenvalue weighted by Gasteiger charge is -2.11. The van der Waals surface area contributed by atoms with Crippen molar-refractivity contribution in [2.75, 3.05) is 5.32 Å². The number of hydrogen-bond acceptors (Lipinski definition) is 2. The molecule has 2 aromatic carbocycles. The zero-order valence-electron chi connectivity index (χ0n) is 9.99. The molecular formula is C14H12BrFN2O. The molecule has 2 rings (SSSR count). The molecule has 0 bridgehead atoms. The maximum atomic E-state index is 13.6. The van der Waals surface area contributed by atoms with E-state index in [1.54, 1.807) is 36.4 Å². The van der Waals surface area contributed by atoms with Crippen LogP contribution in [0.1, 0.15) is 15.9 Å². The summed E-state index contributed by atoms with van der Waals surface area (Å²) in [6, 6.07) is 11.7. The fourth-order valence-corrected chi connectivity index (χ4v) is 2.25. The van der Waals surface area contributed by atoms with E-state index in [-0.39, 0.29) is 5.82 Å². The standard InChI is InChI=1S/C14H12BrFN2O/c15-11-6-3-7-12(16)13(11)18-8-9-4-1-2-5-10(9)14(17)19/h1-7,18H,8H2,(H2,17,19). The first kappa shape index (κ1) is 13.5. The van der Waals surface area contributed by atoms with Gasteiger partial charge in [0.25, 0.3) is 0 Å². The first-order chi connectivity index (χ1) is 9.09. The van der Waals surface area contributed by atoms with Gasteiger partial charge < -0.3 is 11.1 Å². The number of nitrogens with two attached hydrogens (primary N) is 1. The number of carbonyl (C=O) groups is 1. The lowest BCUT2D eigenvalue weighted by atomic mass is 10.1. The highest BCUT2D eigenvalue weighted by Crippen LogP contribution is 2.25. The van der Waals surface area contributed by atoms with Gasteiger partial charge in [-0.2, -0.15) is 0 Å². The average molecular weight is 323 g/mol. The highest BCUT2D eigenvalue weighted by atomic mass is 79.9. The highest BCUT2D eigenvalue weighted by molar-refractivity contribution is 9.10. The van der Waals surface area contributed by atoms with Crippen molar-refractivity contribution in [3.05, 3.63) is 63.9 Å². The van der Waals surface area contributed by atoms with Crippen molar-refractivity contribution >= 4 is 27.5 Å². The quantitative estimate of drug-likeness (QED) is 0.907. The van der Waals surface area contributed by atoms with Crippen LogP contribution in [0.4, 0.5) is 10.1 Å². The van der Waals surface area contributed by atoms with Crippen LogP contribution in [0.5, 0.6) is 0 Å². The molecule has 1 amide bonds. The number of rotatable bonds is 4. The Morgan fingerprint density at radius 3 is 2.63 bits per heavy atom. The van der Waals surface area contributed by atoms with Gasteiger partial charge in [0.2, 0.25) is 5.91 Å². The second-order valence-electron chi connectivity index (χ2n) is 3.97. The van der Waals surface area contributed by atoms with Gasteiger partial charge >= 0.3 is 0 Å². The first-order valence-corrected chi connectivity index (χ1v) is 6.44. The third-order valence-electron chi connectivity index (χ3n) is 2.70. The maximum absolute atomic E-state index is 13.6. The van der Waals surface area contributed by atoms with Crippen molar-refractivity contribution in [3.8, 4) is 0 Å². The molecule has 0 unspecified atom stereocenters. The summed E-state index contributed by atoms with van der Waals surface area (Å²) in [5.74, 6) is -0.851. The molecule has 0 saturated heterocycles. The summed E-state index contributed by atoms with van der Waals surface area (Å²) in [4.78, 5) is 11.3. The van der Waals surface area contributed by atoms with Crippen molar-refractivity contribution in [3.63, 3.8) is 0 Å². The van der Waals surface area contributed by atoms with E-state index in [1.807, 2.05) is 0 Å². The number of hydrogen-bond donors (Lipinski definition) is 2. The minimum Gasteiger partial charge on any atom is -0.378 e. The summed E-state index contributed by atoms with van der Waals surface area (Å²) in [5, 5.41) is 2.96. The summed E-state index contributed by atoms with van der Waals surface area (Å²) in [6.45, 7) is 0.318. The zero-order chi connectivity index (χ0) is 13.8. The van der Waals surface area contributed by atoms with Crippen molar-refractivity contribution in [1.29, 1.82) is 0 Å². The maximum Gasteiger partial charge on any atom is 0.249 e. The van der Waals surface area contributed by atoms with Crippen LogP contribution in [0.15, 0.2) is 46.9 Å². The van der Waals surface area contributed by atoms with Gasteiger partial charge in [-0.1, -0.05) is 24.3 Å². The van der Waals surface area contributed by atoms with Crippen LogP contribution >= 0.6 is 15.9 Å². The Bertz CT molecular complexity index is 596. The fourth-order valence-electron chi connectivity index (χ4n) is 1.77. The summed E-state index contributed by atoms with van der Waals surface area (Å²) < 4.78 is 14.3. The topological polar surface area (TPSA) is 55.1 Å². The number of amides is 1. The van der Waals surface area contributed by atoms with Crippen molar-refractivity contribution in [2.45, 2.75) is 6.54 Å². The first-order valence-electron chi connectivity index (χ1n) is 5.65. The number of primary amides is 1. The van der Waals surface area contributed by atoms with E-state index in [2.05, 4.69) is 21.2 Å². The normalized spacial score (nSPS) is 10.2. The van der Waals surface area contributed by atoms with Gasteiger partial charge in [0.05, 0.1) is 5.69 Å². The Hall–Kier alpha value is -1.88. The molecule has 0 atom stereocenters. The predicted octanol–water partition coefficient (Wildman–Crippen LogP) is 3.30. The summed E-state index contributed by atoms with van der Waals surface area (Å²) in [7, 11) is 0. The van der Waals surface area contributed by atoms with Gasteiger partial charge in [-0.3, -0.25) is 4.79 Å². The van der Waals surface area contributed by atoms with Crippen LogP contribution in [0, 0.1) is 5.82 Å². The molecule has 0 aliphatic rings. The SMILES string of the molecule is NC(=O)c1ccccc1CNc1c(F)cccc1Br. The number of benzene rings is 2. The van der Waals surface area contributed by atoms with E-state index in [0.29, 0.717) is 22.3 Å². The summed E-state index contributed by atoms with van der Waals surface area (Å²) in [6.07, 6.45) is 0. The number of anilines is 1. The van der Waals surface area contributed by atoms with Crippen LogP contribution in [0.25, 0.3) is 0 Å². The van der Waals surface area contributed by atoms with Gasteiger partial charge in [0.1, 0.15) is 5.82 Å². The van der Waals surface area contributed by atoms with E-state index in [9.17, 15) is 9.18 Å². The van der Waals surface area contributed by atoms with Crippen LogP contribution in [-0.2, 0) is 6.54 Å². The third-order valence-corrected chi connectivity index (χ3v) is 3.36. The van der Waals surface area contributed by atoms with E-state index in [1.165, 1.54) is 6.07 Å². The third kappa shape index (κ3) is 3.12. The molecule has 98 valence electrons. The second-order valence-corrected chi connectivity index (χ2v) is 4.83. The van der Waals surface area contributed by atoms with E-state index in [0.717, 1.165) is 5.56 Å². The van der Waals surface area contributed by atoms with Gasteiger partial charge in [0, 0.05) is 16.6 Å². The lowest BCUT2D eigenvalue weighted by molar-refractivity contribution is 0.0999. The molecule has 2 aromatic rings. The molecule has 0 radical (unpaired) electrons. The van der Waals surface area contributed by atoms with Crippen molar-refractivity contribution in [1.82, 2.24) is 0 Å².